The standard InChI is InChI=1S/C12H24N2O2S/c1-4-5-6-11-12(15)14(9-13-11)10(2)7-8-17(3)16/h10-11,13H,4-9H2,1-3H3. The second-order valence-electron chi connectivity index (χ2n) is 4.78. The lowest BCUT2D eigenvalue weighted by Crippen LogP contribution is -2.37. The number of nitrogens with zero attached hydrogens (tertiary/aromatic N) is 1. The Bertz CT molecular complexity index is 284. The normalized spacial score (nSPS) is 24.1. The maximum Gasteiger partial charge on any atom is 0.241 e. The van der Waals surface area contributed by atoms with Crippen LogP contribution in [0.5, 0.6) is 0 Å². The van der Waals surface area contributed by atoms with E-state index in [1.165, 1.54) is 0 Å². The zero-order valence-electron chi connectivity index (χ0n) is 11.1. The van der Waals surface area contributed by atoms with E-state index in [0.29, 0.717) is 12.4 Å². The first kappa shape index (κ1) is 14.6. The molecule has 3 unspecified atom stereocenters. The molecule has 1 fully saturated rings. The summed E-state index contributed by atoms with van der Waals surface area (Å²) in [5.74, 6) is 0.887. The van der Waals surface area contributed by atoms with Crippen molar-refractivity contribution >= 4 is 16.7 Å². The molecule has 17 heavy (non-hydrogen) atoms. The van der Waals surface area contributed by atoms with Crippen molar-refractivity contribution in [1.82, 2.24) is 10.2 Å². The minimum absolute atomic E-state index is 0.00419. The second-order valence-corrected chi connectivity index (χ2v) is 6.33. The van der Waals surface area contributed by atoms with Crippen LogP contribution in [0.2, 0.25) is 0 Å². The van der Waals surface area contributed by atoms with Gasteiger partial charge in [-0.3, -0.25) is 14.3 Å². The van der Waals surface area contributed by atoms with Crippen molar-refractivity contribution in [3.63, 3.8) is 0 Å². The summed E-state index contributed by atoms with van der Waals surface area (Å²) in [6, 6.07) is 0.190. The monoisotopic (exact) mass is 260 g/mol. The zero-order valence-corrected chi connectivity index (χ0v) is 11.9. The van der Waals surface area contributed by atoms with Crippen LogP contribution in [-0.2, 0) is 15.6 Å². The van der Waals surface area contributed by atoms with Gasteiger partial charge in [0.15, 0.2) is 0 Å². The van der Waals surface area contributed by atoms with Crippen LogP contribution in [0.4, 0.5) is 0 Å². The average molecular weight is 260 g/mol. The zero-order chi connectivity index (χ0) is 12.8. The summed E-state index contributed by atoms with van der Waals surface area (Å²) in [5, 5.41) is 3.26. The van der Waals surface area contributed by atoms with Crippen LogP contribution >= 0.6 is 0 Å². The quantitative estimate of drug-likeness (QED) is 0.745. The van der Waals surface area contributed by atoms with Gasteiger partial charge in [0.05, 0.1) is 12.7 Å². The SMILES string of the molecule is CCCCC1NCN(C(C)CCS(C)=O)C1=O. The minimum atomic E-state index is -0.769. The highest BCUT2D eigenvalue weighted by molar-refractivity contribution is 7.84. The molecule has 0 aliphatic carbocycles. The van der Waals surface area contributed by atoms with Gasteiger partial charge >= 0.3 is 0 Å². The summed E-state index contributed by atoms with van der Waals surface area (Å²) in [6.45, 7) is 4.82. The first-order chi connectivity index (χ1) is 8.06. The number of unbranched alkanes of at least 4 members (excludes halogenated alkanes) is 1. The fourth-order valence-corrected chi connectivity index (χ4v) is 2.75. The molecule has 1 aliphatic heterocycles. The topological polar surface area (TPSA) is 49.4 Å². The summed E-state index contributed by atoms with van der Waals surface area (Å²) in [7, 11) is -0.769. The van der Waals surface area contributed by atoms with Gasteiger partial charge < -0.3 is 4.90 Å². The van der Waals surface area contributed by atoms with Gasteiger partial charge in [-0.15, -0.1) is 0 Å². The highest BCUT2D eigenvalue weighted by atomic mass is 32.2. The van der Waals surface area contributed by atoms with Crippen molar-refractivity contribution in [3.05, 3.63) is 0 Å². The smallest absolute Gasteiger partial charge is 0.241 e. The predicted molar refractivity (Wildman–Crippen MR) is 71.2 cm³/mol. The summed E-state index contributed by atoms with van der Waals surface area (Å²) in [4.78, 5) is 14.0. The van der Waals surface area contributed by atoms with Gasteiger partial charge in [0.2, 0.25) is 5.91 Å². The molecule has 1 rings (SSSR count). The fraction of sp³-hybridized carbons (Fsp3) is 0.917. The summed E-state index contributed by atoms with van der Waals surface area (Å²) in [5.41, 5.74) is 0. The third kappa shape index (κ3) is 4.39. The molecule has 4 nitrogen and oxygen atoms in total. The van der Waals surface area contributed by atoms with Gasteiger partial charge in [0.1, 0.15) is 0 Å². The van der Waals surface area contributed by atoms with Crippen LogP contribution < -0.4 is 5.32 Å². The fourth-order valence-electron chi connectivity index (χ4n) is 2.07. The molecule has 0 spiro atoms. The van der Waals surface area contributed by atoms with Gasteiger partial charge in [0, 0.05) is 28.9 Å². The molecule has 0 radical (unpaired) electrons. The van der Waals surface area contributed by atoms with Crippen LogP contribution in [0, 0.1) is 0 Å². The molecule has 1 amide bonds. The highest BCUT2D eigenvalue weighted by Crippen LogP contribution is 2.15. The van der Waals surface area contributed by atoms with Gasteiger partial charge in [-0.2, -0.15) is 0 Å². The van der Waals surface area contributed by atoms with E-state index in [4.69, 9.17) is 0 Å². The Morgan fingerprint density at radius 2 is 2.29 bits per heavy atom. The molecule has 5 heteroatoms. The van der Waals surface area contributed by atoms with Crippen molar-refractivity contribution in [2.45, 2.75) is 51.6 Å². The Morgan fingerprint density at radius 1 is 1.59 bits per heavy atom. The van der Waals surface area contributed by atoms with Gasteiger partial charge in [0.25, 0.3) is 0 Å². The Hall–Kier alpha value is -0.420. The van der Waals surface area contributed by atoms with Crippen LogP contribution in [0.1, 0.15) is 39.5 Å². The van der Waals surface area contributed by atoms with Crippen LogP contribution in [-0.4, -0.2) is 45.8 Å². The van der Waals surface area contributed by atoms with Gasteiger partial charge in [-0.05, 0) is 19.8 Å². The Balaban J connectivity index is 2.40. The first-order valence-electron chi connectivity index (χ1n) is 6.40. The molecular formula is C12H24N2O2S. The van der Waals surface area contributed by atoms with Crippen molar-refractivity contribution < 1.29 is 9.00 Å². The van der Waals surface area contributed by atoms with Crippen molar-refractivity contribution in [2.24, 2.45) is 0 Å². The lowest BCUT2D eigenvalue weighted by molar-refractivity contribution is -0.130. The third-order valence-electron chi connectivity index (χ3n) is 3.29. The Kier molecular flexibility index (Phi) is 6.12. The van der Waals surface area contributed by atoms with Crippen molar-refractivity contribution in [1.29, 1.82) is 0 Å². The maximum atomic E-state index is 12.1. The molecule has 1 N–H and O–H groups in total. The summed E-state index contributed by atoms with van der Waals surface area (Å²) >= 11 is 0. The molecule has 0 aromatic rings. The van der Waals surface area contributed by atoms with Crippen LogP contribution in [0.25, 0.3) is 0 Å². The number of carbonyl (C=O) groups excluding carboxylic acids is 1. The number of rotatable bonds is 7. The molecule has 1 heterocycles. The molecule has 0 bridgehead atoms. The summed E-state index contributed by atoms with van der Waals surface area (Å²) < 4.78 is 11.0. The molecule has 1 saturated heterocycles. The van der Waals surface area contributed by atoms with E-state index in [2.05, 4.69) is 12.2 Å². The lowest BCUT2D eigenvalue weighted by atomic mass is 10.1. The Labute approximate surface area is 107 Å². The Morgan fingerprint density at radius 3 is 2.88 bits per heavy atom. The first-order valence-corrected chi connectivity index (χ1v) is 8.12. The number of hydrogen-bond acceptors (Lipinski definition) is 3. The molecule has 3 atom stereocenters. The van der Waals surface area contributed by atoms with E-state index in [1.807, 2.05) is 11.8 Å². The molecule has 0 aromatic heterocycles. The van der Waals surface area contributed by atoms with Crippen molar-refractivity contribution in [3.8, 4) is 0 Å². The third-order valence-corrected chi connectivity index (χ3v) is 4.10. The van der Waals surface area contributed by atoms with Crippen LogP contribution in [0.15, 0.2) is 0 Å². The number of hydrogen-bond donors (Lipinski definition) is 1. The van der Waals surface area contributed by atoms with Crippen LogP contribution in [0.3, 0.4) is 0 Å². The average Bonchev–Trinajstić information content (AvgIpc) is 2.65. The maximum absolute atomic E-state index is 12.1. The van der Waals surface area contributed by atoms with E-state index >= 15 is 0 Å². The van der Waals surface area contributed by atoms with E-state index in [-0.39, 0.29) is 18.0 Å². The molecule has 1 aliphatic rings. The van der Waals surface area contributed by atoms with E-state index in [0.717, 1.165) is 25.7 Å². The van der Waals surface area contributed by atoms with E-state index in [1.54, 1.807) is 6.26 Å². The lowest BCUT2D eigenvalue weighted by Gasteiger charge is -2.23. The minimum Gasteiger partial charge on any atom is -0.326 e. The van der Waals surface area contributed by atoms with Gasteiger partial charge in [-0.1, -0.05) is 19.8 Å². The predicted octanol–water partition coefficient (Wildman–Crippen LogP) is 1.09. The van der Waals surface area contributed by atoms with Gasteiger partial charge in [-0.25, -0.2) is 0 Å². The molecule has 0 aromatic carbocycles. The largest absolute Gasteiger partial charge is 0.326 e. The van der Waals surface area contributed by atoms with Crippen molar-refractivity contribution in [2.75, 3.05) is 18.7 Å². The molecule has 100 valence electrons. The summed E-state index contributed by atoms with van der Waals surface area (Å²) in [6.07, 6.45) is 5.66. The second kappa shape index (κ2) is 7.11. The van der Waals surface area contributed by atoms with E-state index < -0.39 is 10.8 Å². The highest BCUT2D eigenvalue weighted by Gasteiger charge is 2.32. The number of amides is 1. The number of nitrogens with one attached hydrogen (secondary N) is 1. The number of carbonyl (C=O) groups is 1. The molecular weight excluding hydrogens is 236 g/mol. The van der Waals surface area contributed by atoms with E-state index in [9.17, 15) is 9.00 Å². The molecule has 0 saturated carbocycles.